The first-order valence-electron chi connectivity index (χ1n) is 15.8. The molecule has 0 rings (SSSR count). The van der Waals surface area contributed by atoms with Crippen LogP contribution < -0.4 is 0 Å². The summed E-state index contributed by atoms with van der Waals surface area (Å²) in [6.45, 7) is 14.2. The summed E-state index contributed by atoms with van der Waals surface area (Å²) in [6, 6.07) is 0. The van der Waals surface area contributed by atoms with Crippen LogP contribution in [-0.4, -0.2) is 144 Å². The highest BCUT2D eigenvalue weighted by atomic mass is 16.6. The molecule has 0 saturated carbocycles. The minimum absolute atomic E-state index is 0.151. The number of carbonyl (C=O) groups is 2. The summed E-state index contributed by atoms with van der Waals surface area (Å²) in [7, 11) is 0. The number of carbonyl (C=O) groups excluding carboxylic acids is 2. The van der Waals surface area contributed by atoms with Gasteiger partial charge in [0, 0.05) is 12.5 Å². The standard InChI is InChI=1S/C31H58O13/c1-3-5-6-7-8-9-31(33)44-29-27-42-25-23-40-21-19-38-17-15-36-13-11-34-10-12-35-14-16-37-18-20-39-22-24-41-26-28-43-30(32)4-2/h4H,2-3,5-29H2,1H3. The molecule has 0 N–H and O–H groups in total. The van der Waals surface area contributed by atoms with E-state index >= 15 is 0 Å². The third-order valence-electron chi connectivity index (χ3n) is 5.59. The first-order valence-corrected chi connectivity index (χ1v) is 15.8. The van der Waals surface area contributed by atoms with Crippen molar-refractivity contribution in [2.45, 2.75) is 45.4 Å². The topological polar surface area (TPSA) is 136 Å². The van der Waals surface area contributed by atoms with Crippen LogP contribution in [0.3, 0.4) is 0 Å². The Morgan fingerprint density at radius 1 is 0.432 bits per heavy atom. The SMILES string of the molecule is C=CC(=O)OCCOCCOCCOCCOCCOCCOCCOCCOCCOCCOC(=O)CCCCCCC. The van der Waals surface area contributed by atoms with Crippen LogP contribution in [0.2, 0.25) is 0 Å². The van der Waals surface area contributed by atoms with Gasteiger partial charge >= 0.3 is 11.9 Å². The molecule has 0 amide bonds. The second kappa shape index (κ2) is 37.5. The summed E-state index contributed by atoms with van der Waals surface area (Å²) >= 11 is 0. The van der Waals surface area contributed by atoms with E-state index in [0.717, 1.165) is 18.9 Å². The predicted octanol–water partition coefficient (Wildman–Crippen LogP) is 2.77. The van der Waals surface area contributed by atoms with Crippen molar-refractivity contribution in [3.05, 3.63) is 12.7 Å². The molecular weight excluding hydrogens is 580 g/mol. The number of unbranched alkanes of at least 4 members (excludes halogenated alkanes) is 4. The van der Waals surface area contributed by atoms with Crippen molar-refractivity contribution in [3.63, 3.8) is 0 Å². The van der Waals surface area contributed by atoms with Crippen molar-refractivity contribution >= 4 is 11.9 Å². The van der Waals surface area contributed by atoms with E-state index in [4.69, 9.17) is 52.1 Å². The molecule has 0 aliphatic rings. The van der Waals surface area contributed by atoms with Gasteiger partial charge < -0.3 is 52.1 Å². The highest BCUT2D eigenvalue weighted by Gasteiger charge is 2.02. The van der Waals surface area contributed by atoms with E-state index in [-0.39, 0.29) is 19.2 Å². The lowest BCUT2D eigenvalue weighted by molar-refractivity contribution is -0.145. The molecule has 13 nitrogen and oxygen atoms in total. The number of ether oxygens (including phenoxy) is 11. The van der Waals surface area contributed by atoms with E-state index in [2.05, 4.69) is 13.5 Å². The van der Waals surface area contributed by atoms with Crippen LogP contribution >= 0.6 is 0 Å². The Balaban J connectivity index is 3.10. The molecule has 0 aromatic heterocycles. The van der Waals surface area contributed by atoms with Gasteiger partial charge in [-0.25, -0.2) is 4.79 Å². The van der Waals surface area contributed by atoms with Crippen LogP contribution in [0.15, 0.2) is 12.7 Å². The van der Waals surface area contributed by atoms with Gasteiger partial charge in [0.15, 0.2) is 0 Å². The van der Waals surface area contributed by atoms with Gasteiger partial charge in [0.25, 0.3) is 0 Å². The van der Waals surface area contributed by atoms with Crippen molar-refractivity contribution in [1.29, 1.82) is 0 Å². The number of hydrogen-bond donors (Lipinski definition) is 0. The fourth-order valence-electron chi connectivity index (χ4n) is 3.28. The molecule has 0 radical (unpaired) electrons. The maximum Gasteiger partial charge on any atom is 0.330 e. The Labute approximate surface area is 264 Å². The Kier molecular flexibility index (Phi) is 36.1. The quantitative estimate of drug-likeness (QED) is 0.0561. The van der Waals surface area contributed by atoms with Crippen LogP contribution in [0.25, 0.3) is 0 Å². The summed E-state index contributed by atoms with van der Waals surface area (Å²) in [5, 5.41) is 0. The fourth-order valence-corrected chi connectivity index (χ4v) is 3.28. The number of esters is 2. The molecule has 0 aliphatic carbocycles. The van der Waals surface area contributed by atoms with Crippen LogP contribution in [0.4, 0.5) is 0 Å². The molecule has 260 valence electrons. The second-order valence-electron chi connectivity index (χ2n) is 9.27. The first-order chi connectivity index (χ1) is 21.7. The summed E-state index contributed by atoms with van der Waals surface area (Å²) in [5.74, 6) is -0.612. The monoisotopic (exact) mass is 638 g/mol. The van der Waals surface area contributed by atoms with Gasteiger partial charge in [0.05, 0.1) is 119 Å². The van der Waals surface area contributed by atoms with E-state index in [1.54, 1.807) is 0 Å². The molecule has 0 atom stereocenters. The molecule has 0 aromatic carbocycles. The summed E-state index contributed by atoms with van der Waals surface area (Å²) < 4.78 is 58.6. The highest BCUT2D eigenvalue weighted by molar-refractivity contribution is 5.81. The smallest absolute Gasteiger partial charge is 0.330 e. The van der Waals surface area contributed by atoms with Crippen molar-refractivity contribution in [2.75, 3.05) is 132 Å². The number of rotatable bonds is 37. The van der Waals surface area contributed by atoms with Crippen molar-refractivity contribution in [1.82, 2.24) is 0 Å². The third kappa shape index (κ3) is 36.5. The van der Waals surface area contributed by atoms with E-state index in [1.165, 1.54) is 19.3 Å². The Morgan fingerprint density at radius 3 is 1.05 bits per heavy atom. The molecule has 0 unspecified atom stereocenters. The molecule has 0 fully saturated rings. The maximum atomic E-state index is 11.6. The van der Waals surface area contributed by atoms with Crippen LogP contribution in [-0.2, 0) is 61.7 Å². The van der Waals surface area contributed by atoms with Gasteiger partial charge in [-0.1, -0.05) is 39.2 Å². The molecular formula is C31H58O13. The normalized spacial score (nSPS) is 11.1. The molecule has 44 heavy (non-hydrogen) atoms. The molecule has 0 saturated heterocycles. The average molecular weight is 639 g/mol. The Bertz CT molecular complexity index is 621. The zero-order chi connectivity index (χ0) is 32.0. The highest BCUT2D eigenvalue weighted by Crippen LogP contribution is 2.05. The summed E-state index contributed by atoms with van der Waals surface area (Å²) in [4.78, 5) is 22.4. The van der Waals surface area contributed by atoms with Crippen LogP contribution in [0.1, 0.15) is 45.4 Å². The molecule has 0 heterocycles. The largest absolute Gasteiger partial charge is 0.463 e. The minimum Gasteiger partial charge on any atom is -0.463 e. The molecule has 0 aromatic rings. The average Bonchev–Trinajstić information content (AvgIpc) is 3.03. The first kappa shape index (κ1) is 42.3. The zero-order valence-electron chi connectivity index (χ0n) is 27.0. The van der Waals surface area contributed by atoms with Crippen molar-refractivity contribution < 1.29 is 61.7 Å². The Hall–Kier alpha value is -1.68. The molecule has 0 spiro atoms. The van der Waals surface area contributed by atoms with E-state index in [1.807, 2.05) is 0 Å². The third-order valence-corrected chi connectivity index (χ3v) is 5.59. The summed E-state index contributed by atoms with van der Waals surface area (Å²) in [5.41, 5.74) is 0. The van der Waals surface area contributed by atoms with E-state index in [0.29, 0.717) is 125 Å². The molecule has 0 aliphatic heterocycles. The zero-order valence-corrected chi connectivity index (χ0v) is 27.0. The van der Waals surface area contributed by atoms with Gasteiger partial charge in [-0.2, -0.15) is 0 Å². The lowest BCUT2D eigenvalue weighted by atomic mass is 10.1. The van der Waals surface area contributed by atoms with E-state index < -0.39 is 5.97 Å². The van der Waals surface area contributed by atoms with Crippen molar-refractivity contribution in [2.24, 2.45) is 0 Å². The molecule has 13 heteroatoms. The predicted molar refractivity (Wildman–Crippen MR) is 163 cm³/mol. The van der Waals surface area contributed by atoms with E-state index in [9.17, 15) is 9.59 Å². The van der Waals surface area contributed by atoms with Gasteiger partial charge in [0.1, 0.15) is 13.2 Å². The number of hydrogen-bond acceptors (Lipinski definition) is 13. The van der Waals surface area contributed by atoms with Gasteiger partial charge in [0.2, 0.25) is 0 Å². The maximum absolute atomic E-state index is 11.6. The summed E-state index contributed by atoms with van der Waals surface area (Å²) in [6.07, 6.45) is 7.17. The van der Waals surface area contributed by atoms with Gasteiger partial charge in [-0.15, -0.1) is 0 Å². The fraction of sp³-hybridized carbons (Fsp3) is 0.871. The lowest BCUT2D eigenvalue weighted by Crippen LogP contribution is -2.15. The van der Waals surface area contributed by atoms with Gasteiger partial charge in [-0.05, 0) is 6.42 Å². The lowest BCUT2D eigenvalue weighted by Gasteiger charge is -2.09. The Morgan fingerprint density at radius 2 is 0.727 bits per heavy atom. The van der Waals surface area contributed by atoms with Gasteiger partial charge in [-0.3, -0.25) is 4.79 Å². The van der Waals surface area contributed by atoms with Crippen LogP contribution in [0, 0.1) is 0 Å². The minimum atomic E-state index is -0.461. The van der Waals surface area contributed by atoms with Crippen molar-refractivity contribution in [3.8, 4) is 0 Å². The second-order valence-corrected chi connectivity index (χ2v) is 9.27. The van der Waals surface area contributed by atoms with Crippen LogP contribution in [0.5, 0.6) is 0 Å². The molecule has 0 bridgehead atoms.